The molecule has 1 aromatic heterocycles. The first kappa shape index (κ1) is 16.1. The quantitative estimate of drug-likeness (QED) is 0.681. The van der Waals surface area contributed by atoms with E-state index >= 15 is 0 Å². The zero-order valence-corrected chi connectivity index (χ0v) is 11.9. The van der Waals surface area contributed by atoms with E-state index in [1.54, 1.807) is 18.6 Å². The van der Waals surface area contributed by atoms with Gasteiger partial charge in [-0.1, -0.05) is 13.8 Å². The van der Waals surface area contributed by atoms with Crippen molar-refractivity contribution in [3.63, 3.8) is 0 Å². The number of hydrogen-bond acceptors (Lipinski definition) is 3. The number of rotatable bonds is 8. The maximum atomic E-state index is 11.6. The minimum absolute atomic E-state index is 0.0489. The first-order valence-electron chi connectivity index (χ1n) is 6.72. The summed E-state index contributed by atoms with van der Waals surface area (Å²) in [7, 11) is 0. The number of carboxylic acid groups (broad SMARTS) is 1. The van der Waals surface area contributed by atoms with Gasteiger partial charge in [-0.25, -0.2) is 4.79 Å². The van der Waals surface area contributed by atoms with Crippen molar-refractivity contribution < 1.29 is 19.1 Å². The van der Waals surface area contributed by atoms with E-state index in [4.69, 9.17) is 9.52 Å². The van der Waals surface area contributed by atoms with Gasteiger partial charge in [0, 0.05) is 25.1 Å². The highest BCUT2D eigenvalue weighted by atomic mass is 16.4. The van der Waals surface area contributed by atoms with Crippen LogP contribution in [0.3, 0.4) is 0 Å². The number of nitrogens with one attached hydrogen (secondary N) is 2. The number of carboxylic acids is 1. The average Bonchev–Trinajstić information content (AvgIpc) is 2.85. The summed E-state index contributed by atoms with van der Waals surface area (Å²) in [6.07, 6.45) is 3.95. The average molecular weight is 282 g/mol. The molecule has 1 rings (SSSR count). The molecule has 0 saturated carbocycles. The van der Waals surface area contributed by atoms with Gasteiger partial charge in [-0.05, 0) is 24.3 Å². The second-order valence-electron chi connectivity index (χ2n) is 5.29. The van der Waals surface area contributed by atoms with Gasteiger partial charge < -0.3 is 20.2 Å². The molecular formula is C14H22N2O4. The van der Waals surface area contributed by atoms with E-state index in [-0.39, 0.29) is 18.4 Å². The highest BCUT2D eigenvalue weighted by Gasteiger charge is 2.15. The predicted octanol–water partition coefficient (Wildman–Crippen LogP) is 2.22. The molecule has 0 spiro atoms. The Morgan fingerprint density at radius 3 is 2.65 bits per heavy atom. The van der Waals surface area contributed by atoms with Crippen molar-refractivity contribution in [1.29, 1.82) is 0 Å². The largest absolute Gasteiger partial charge is 0.481 e. The van der Waals surface area contributed by atoms with Crippen molar-refractivity contribution in [2.75, 3.05) is 6.54 Å². The molecule has 20 heavy (non-hydrogen) atoms. The van der Waals surface area contributed by atoms with Crippen LogP contribution in [0.4, 0.5) is 4.79 Å². The van der Waals surface area contributed by atoms with Crippen molar-refractivity contribution in [1.82, 2.24) is 10.6 Å². The minimum Gasteiger partial charge on any atom is -0.481 e. The van der Waals surface area contributed by atoms with Crippen LogP contribution in [0.2, 0.25) is 0 Å². The molecule has 0 aliphatic rings. The van der Waals surface area contributed by atoms with Crippen molar-refractivity contribution >= 4 is 12.0 Å². The molecule has 6 heteroatoms. The van der Waals surface area contributed by atoms with E-state index in [1.165, 1.54) is 0 Å². The summed E-state index contributed by atoms with van der Waals surface area (Å²) in [5, 5.41) is 14.3. The van der Waals surface area contributed by atoms with E-state index in [0.29, 0.717) is 19.0 Å². The monoisotopic (exact) mass is 282 g/mol. The number of carbonyl (C=O) groups excluding carboxylic acids is 1. The summed E-state index contributed by atoms with van der Waals surface area (Å²) in [5.74, 6) is -0.487. The topological polar surface area (TPSA) is 91.6 Å². The Bertz CT molecular complexity index is 415. The highest BCUT2D eigenvalue weighted by molar-refractivity contribution is 5.74. The molecule has 1 heterocycles. The molecule has 3 N–H and O–H groups in total. The lowest BCUT2D eigenvalue weighted by molar-refractivity contribution is -0.138. The molecule has 1 aromatic rings. The SMILES string of the molecule is CC(C)C[C@H](CNC(=O)NCc1ccoc1)CC(=O)O. The summed E-state index contributed by atoms with van der Waals surface area (Å²) in [5.41, 5.74) is 0.879. The number of furan rings is 1. The first-order valence-corrected chi connectivity index (χ1v) is 6.72. The van der Waals surface area contributed by atoms with Crippen LogP contribution < -0.4 is 10.6 Å². The lowest BCUT2D eigenvalue weighted by Crippen LogP contribution is -2.38. The van der Waals surface area contributed by atoms with Crippen molar-refractivity contribution in [3.8, 4) is 0 Å². The summed E-state index contributed by atoms with van der Waals surface area (Å²) < 4.78 is 4.90. The molecule has 0 bridgehead atoms. The minimum atomic E-state index is -0.837. The molecule has 0 unspecified atom stereocenters. The number of carbonyl (C=O) groups is 2. The smallest absolute Gasteiger partial charge is 0.315 e. The fourth-order valence-electron chi connectivity index (χ4n) is 2.03. The van der Waals surface area contributed by atoms with Gasteiger partial charge in [0.05, 0.1) is 12.5 Å². The Morgan fingerprint density at radius 2 is 2.10 bits per heavy atom. The van der Waals surface area contributed by atoms with Crippen molar-refractivity contribution in [3.05, 3.63) is 24.2 Å². The number of urea groups is 1. The summed E-state index contributed by atoms with van der Waals surface area (Å²) in [4.78, 5) is 22.4. The maximum absolute atomic E-state index is 11.6. The molecule has 1 atom stereocenters. The molecule has 0 radical (unpaired) electrons. The van der Waals surface area contributed by atoms with Crippen molar-refractivity contribution in [2.45, 2.75) is 33.2 Å². The molecule has 0 aliphatic carbocycles. The zero-order valence-electron chi connectivity index (χ0n) is 11.9. The third kappa shape index (κ3) is 6.82. The third-order valence-electron chi connectivity index (χ3n) is 2.85. The zero-order chi connectivity index (χ0) is 15.0. The van der Waals surface area contributed by atoms with Crippen LogP contribution in [0, 0.1) is 11.8 Å². The van der Waals surface area contributed by atoms with Crippen LogP contribution in [0.5, 0.6) is 0 Å². The van der Waals surface area contributed by atoms with E-state index in [0.717, 1.165) is 12.0 Å². The van der Waals surface area contributed by atoms with Gasteiger partial charge in [0.15, 0.2) is 0 Å². The predicted molar refractivity (Wildman–Crippen MR) is 74.1 cm³/mol. The molecule has 6 nitrogen and oxygen atoms in total. The summed E-state index contributed by atoms with van der Waals surface area (Å²) in [6.45, 7) is 4.82. The van der Waals surface area contributed by atoms with Gasteiger partial charge in [0.2, 0.25) is 0 Å². The van der Waals surface area contributed by atoms with Gasteiger partial charge in [0.25, 0.3) is 0 Å². The van der Waals surface area contributed by atoms with Gasteiger partial charge >= 0.3 is 12.0 Å². The summed E-state index contributed by atoms with van der Waals surface area (Å²) in [6, 6.07) is 1.47. The second-order valence-corrected chi connectivity index (χ2v) is 5.29. The van der Waals surface area contributed by atoms with Crippen molar-refractivity contribution in [2.24, 2.45) is 11.8 Å². The number of aliphatic carboxylic acids is 1. The molecule has 112 valence electrons. The Hall–Kier alpha value is -1.98. The lowest BCUT2D eigenvalue weighted by atomic mass is 9.94. The normalized spacial score (nSPS) is 12.2. The molecule has 0 fully saturated rings. The Kier molecular flexibility index (Phi) is 6.63. The maximum Gasteiger partial charge on any atom is 0.315 e. The second kappa shape index (κ2) is 8.24. The van der Waals surface area contributed by atoms with Gasteiger partial charge in [0.1, 0.15) is 0 Å². The molecule has 0 aliphatic heterocycles. The van der Waals surface area contributed by atoms with Crippen LogP contribution in [0.15, 0.2) is 23.0 Å². The molecule has 2 amide bonds. The molecule has 0 aromatic carbocycles. The summed E-state index contributed by atoms with van der Waals surface area (Å²) >= 11 is 0. The van der Waals surface area contributed by atoms with Crippen LogP contribution in [0.25, 0.3) is 0 Å². The van der Waals surface area contributed by atoms with Crippen LogP contribution in [-0.4, -0.2) is 23.7 Å². The first-order chi connectivity index (χ1) is 9.47. The van der Waals surface area contributed by atoms with E-state index in [9.17, 15) is 9.59 Å². The van der Waals surface area contributed by atoms with E-state index < -0.39 is 5.97 Å². The lowest BCUT2D eigenvalue weighted by Gasteiger charge is -2.17. The van der Waals surface area contributed by atoms with Crippen LogP contribution in [-0.2, 0) is 11.3 Å². The van der Waals surface area contributed by atoms with Gasteiger partial charge in [-0.15, -0.1) is 0 Å². The molecular weight excluding hydrogens is 260 g/mol. The Morgan fingerprint density at radius 1 is 1.35 bits per heavy atom. The third-order valence-corrected chi connectivity index (χ3v) is 2.85. The van der Waals surface area contributed by atoms with E-state index in [2.05, 4.69) is 10.6 Å². The van der Waals surface area contributed by atoms with Gasteiger partial charge in [-0.2, -0.15) is 0 Å². The van der Waals surface area contributed by atoms with Gasteiger partial charge in [-0.3, -0.25) is 4.79 Å². The molecule has 0 saturated heterocycles. The van der Waals surface area contributed by atoms with Crippen LogP contribution >= 0.6 is 0 Å². The Balaban J connectivity index is 2.30. The fourth-order valence-corrected chi connectivity index (χ4v) is 2.03. The highest BCUT2D eigenvalue weighted by Crippen LogP contribution is 2.14. The van der Waals surface area contributed by atoms with E-state index in [1.807, 2.05) is 13.8 Å². The standard InChI is InChI=1S/C14H22N2O4/c1-10(2)5-12(6-13(17)18)8-16-14(19)15-7-11-3-4-20-9-11/h3-4,9-10,12H,5-8H2,1-2H3,(H,17,18)(H2,15,16,19)/t12-/m0/s1. The Labute approximate surface area is 118 Å². The number of amides is 2. The number of hydrogen-bond donors (Lipinski definition) is 3. The fraction of sp³-hybridized carbons (Fsp3) is 0.571. The van der Waals surface area contributed by atoms with Crippen LogP contribution in [0.1, 0.15) is 32.3 Å².